The fourth-order valence-corrected chi connectivity index (χ4v) is 2.65. The molecule has 0 bridgehead atoms. The van der Waals surface area contributed by atoms with Gasteiger partial charge in [0, 0.05) is 32.4 Å². The number of aliphatic imine (C=N–C) groups is 1. The van der Waals surface area contributed by atoms with Crippen LogP contribution < -0.4 is 10.6 Å². The fourth-order valence-electron chi connectivity index (χ4n) is 2.53. The molecule has 0 fully saturated rings. The molecule has 2 aromatic rings. The van der Waals surface area contributed by atoms with Gasteiger partial charge in [-0.25, -0.2) is 9.37 Å². The summed E-state index contributed by atoms with van der Waals surface area (Å²) in [4.78, 5) is 10.9. The summed E-state index contributed by atoms with van der Waals surface area (Å²) in [5.74, 6) is 0.594. The minimum absolute atomic E-state index is 0.207. The van der Waals surface area contributed by atoms with Gasteiger partial charge in [-0.05, 0) is 49.7 Å². The molecular formula is C20H27ClFN5. The first-order valence-electron chi connectivity index (χ1n) is 9.12. The van der Waals surface area contributed by atoms with Crippen molar-refractivity contribution in [2.45, 2.75) is 19.9 Å². The van der Waals surface area contributed by atoms with Crippen LogP contribution in [0.2, 0.25) is 5.15 Å². The lowest BCUT2D eigenvalue weighted by Crippen LogP contribution is -2.38. The Kier molecular flexibility index (Phi) is 9.01. The molecule has 7 heteroatoms. The molecule has 0 radical (unpaired) electrons. The van der Waals surface area contributed by atoms with Crippen LogP contribution in [0.15, 0.2) is 47.6 Å². The second kappa shape index (κ2) is 11.5. The highest BCUT2D eigenvalue weighted by Gasteiger charge is 2.02. The van der Waals surface area contributed by atoms with Crippen molar-refractivity contribution in [2.24, 2.45) is 4.99 Å². The lowest BCUT2D eigenvalue weighted by molar-refractivity contribution is 0.336. The number of pyridine rings is 1. The molecule has 1 aromatic heterocycles. The number of halogens is 2. The first kappa shape index (κ1) is 21.1. The molecule has 1 heterocycles. The topological polar surface area (TPSA) is 52.6 Å². The first-order chi connectivity index (χ1) is 13.1. The van der Waals surface area contributed by atoms with Gasteiger partial charge in [0.1, 0.15) is 11.0 Å². The Hall–Kier alpha value is -2.18. The zero-order chi connectivity index (χ0) is 19.5. The van der Waals surface area contributed by atoms with Crippen molar-refractivity contribution in [3.05, 3.63) is 64.7 Å². The van der Waals surface area contributed by atoms with E-state index in [-0.39, 0.29) is 5.82 Å². The number of hydrogen-bond acceptors (Lipinski definition) is 3. The molecule has 0 atom stereocenters. The van der Waals surface area contributed by atoms with E-state index in [4.69, 9.17) is 11.6 Å². The summed E-state index contributed by atoms with van der Waals surface area (Å²) in [5.41, 5.74) is 2.21. The lowest BCUT2D eigenvalue weighted by atomic mass is 10.2. The van der Waals surface area contributed by atoms with Crippen molar-refractivity contribution in [3.8, 4) is 0 Å². The Balaban J connectivity index is 1.74. The molecule has 0 saturated carbocycles. The van der Waals surface area contributed by atoms with Crippen LogP contribution in [0.1, 0.15) is 18.1 Å². The van der Waals surface area contributed by atoms with E-state index in [9.17, 15) is 4.39 Å². The number of rotatable bonds is 9. The van der Waals surface area contributed by atoms with Gasteiger partial charge in [0.2, 0.25) is 0 Å². The maximum absolute atomic E-state index is 13.0. The molecule has 146 valence electrons. The second-order valence-corrected chi connectivity index (χ2v) is 6.68. The van der Waals surface area contributed by atoms with Crippen LogP contribution in [-0.4, -0.2) is 49.1 Å². The molecule has 0 aliphatic rings. The van der Waals surface area contributed by atoms with Crippen LogP contribution in [-0.2, 0) is 13.0 Å². The number of nitrogens with zero attached hydrogens (tertiary/aromatic N) is 3. The van der Waals surface area contributed by atoms with Crippen molar-refractivity contribution in [2.75, 3.05) is 33.2 Å². The Bertz CT molecular complexity index is 703. The van der Waals surface area contributed by atoms with Gasteiger partial charge in [0.15, 0.2) is 5.96 Å². The van der Waals surface area contributed by atoms with E-state index in [0.717, 1.165) is 49.7 Å². The number of likely N-dealkylation sites (N-methyl/N-ethyl adjacent to an activating group) is 1. The second-order valence-electron chi connectivity index (χ2n) is 6.29. The summed E-state index contributed by atoms with van der Waals surface area (Å²) >= 11 is 5.80. The minimum atomic E-state index is -0.207. The van der Waals surface area contributed by atoms with E-state index in [1.54, 1.807) is 12.3 Å². The van der Waals surface area contributed by atoms with Crippen LogP contribution in [0, 0.1) is 5.82 Å². The molecule has 0 amide bonds. The van der Waals surface area contributed by atoms with Gasteiger partial charge in [-0.1, -0.05) is 29.8 Å². The summed E-state index contributed by atoms with van der Waals surface area (Å²) in [6, 6.07) is 10.4. The minimum Gasteiger partial charge on any atom is -0.357 e. The van der Waals surface area contributed by atoms with E-state index in [0.29, 0.717) is 11.7 Å². The van der Waals surface area contributed by atoms with Crippen LogP contribution in [0.25, 0.3) is 0 Å². The number of hydrogen-bond donors (Lipinski definition) is 2. The van der Waals surface area contributed by atoms with E-state index in [2.05, 4.69) is 25.5 Å². The predicted octanol–water partition coefficient (Wildman–Crippen LogP) is 3.10. The third-order valence-electron chi connectivity index (χ3n) is 3.96. The molecule has 0 aliphatic heterocycles. The fraction of sp³-hybridized carbons (Fsp3) is 0.400. The molecule has 0 saturated heterocycles. The molecule has 0 spiro atoms. The van der Waals surface area contributed by atoms with E-state index in [1.165, 1.54) is 12.1 Å². The highest BCUT2D eigenvalue weighted by Crippen LogP contribution is 2.06. The summed E-state index contributed by atoms with van der Waals surface area (Å²) in [6.45, 7) is 5.87. The quantitative estimate of drug-likeness (QED) is 0.392. The predicted molar refractivity (Wildman–Crippen MR) is 110 cm³/mol. The van der Waals surface area contributed by atoms with E-state index < -0.39 is 0 Å². The zero-order valence-electron chi connectivity index (χ0n) is 15.9. The first-order valence-corrected chi connectivity index (χ1v) is 9.50. The third kappa shape index (κ3) is 8.37. The van der Waals surface area contributed by atoms with Gasteiger partial charge in [-0.2, -0.15) is 0 Å². The molecule has 5 nitrogen and oxygen atoms in total. The zero-order valence-corrected chi connectivity index (χ0v) is 16.6. The molecule has 1 aromatic carbocycles. The number of benzene rings is 1. The van der Waals surface area contributed by atoms with Gasteiger partial charge in [-0.15, -0.1) is 0 Å². The number of nitrogens with one attached hydrogen (secondary N) is 2. The Morgan fingerprint density at radius 1 is 1.15 bits per heavy atom. The van der Waals surface area contributed by atoms with E-state index >= 15 is 0 Å². The number of aromatic nitrogens is 1. The third-order valence-corrected chi connectivity index (χ3v) is 4.18. The maximum Gasteiger partial charge on any atom is 0.191 e. The van der Waals surface area contributed by atoms with Crippen molar-refractivity contribution in [1.29, 1.82) is 0 Å². The molecular weight excluding hydrogens is 365 g/mol. The summed E-state index contributed by atoms with van der Waals surface area (Å²) in [6.07, 6.45) is 2.64. The average molecular weight is 392 g/mol. The van der Waals surface area contributed by atoms with Crippen LogP contribution in [0.5, 0.6) is 0 Å². The highest BCUT2D eigenvalue weighted by molar-refractivity contribution is 6.29. The van der Waals surface area contributed by atoms with E-state index in [1.807, 2.05) is 32.2 Å². The van der Waals surface area contributed by atoms with Gasteiger partial charge in [0.05, 0.1) is 6.54 Å². The SMILES string of the molecule is CCNC(=NCCN(C)Cc1ccc(F)cc1)NCCc1ccc(Cl)nc1. The highest BCUT2D eigenvalue weighted by atomic mass is 35.5. The molecule has 0 unspecified atom stereocenters. The van der Waals surface area contributed by atoms with Crippen molar-refractivity contribution < 1.29 is 4.39 Å². The summed E-state index contributed by atoms with van der Waals surface area (Å²) in [7, 11) is 2.03. The molecule has 2 N–H and O–H groups in total. The molecule has 27 heavy (non-hydrogen) atoms. The van der Waals surface area contributed by atoms with Crippen LogP contribution in [0.4, 0.5) is 4.39 Å². The van der Waals surface area contributed by atoms with Gasteiger partial charge in [-0.3, -0.25) is 4.99 Å². The van der Waals surface area contributed by atoms with Crippen molar-refractivity contribution in [3.63, 3.8) is 0 Å². The Labute approximate surface area is 165 Å². The monoisotopic (exact) mass is 391 g/mol. The number of guanidine groups is 1. The van der Waals surface area contributed by atoms with Gasteiger partial charge < -0.3 is 15.5 Å². The molecule has 2 rings (SSSR count). The Morgan fingerprint density at radius 2 is 1.89 bits per heavy atom. The summed E-state index contributed by atoms with van der Waals surface area (Å²) in [5, 5.41) is 7.09. The standard InChI is InChI=1S/C20H27ClFN5/c1-3-23-20(24-11-10-16-6-9-19(21)26-14-16)25-12-13-27(2)15-17-4-7-18(22)8-5-17/h4-9,14H,3,10-13,15H2,1-2H3,(H2,23,24,25). The largest absolute Gasteiger partial charge is 0.357 e. The summed E-state index contributed by atoms with van der Waals surface area (Å²) < 4.78 is 13.0. The molecule has 0 aliphatic carbocycles. The smallest absolute Gasteiger partial charge is 0.191 e. The van der Waals surface area contributed by atoms with Crippen molar-refractivity contribution >= 4 is 17.6 Å². The van der Waals surface area contributed by atoms with Gasteiger partial charge >= 0.3 is 0 Å². The maximum atomic E-state index is 13.0. The van der Waals surface area contributed by atoms with Crippen molar-refractivity contribution in [1.82, 2.24) is 20.5 Å². The van der Waals surface area contributed by atoms with Crippen LogP contribution >= 0.6 is 11.6 Å². The average Bonchev–Trinajstić information content (AvgIpc) is 2.65. The Morgan fingerprint density at radius 3 is 2.56 bits per heavy atom. The normalized spacial score (nSPS) is 11.7. The lowest BCUT2D eigenvalue weighted by Gasteiger charge is -2.16. The van der Waals surface area contributed by atoms with Gasteiger partial charge in [0.25, 0.3) is 0 Å². The van der Waals surface area contributed by atoms with Crippen LogP contribution in [0.3, 0.4) is 0 Å².